The van der Waals surface area contributed by atoms with Gasteiger partial charge in [0.25, 0.3) is 5.56 Å². The van der Waals surface area contributed by atoms with Crippen LogP contribution < -0.4 is 10.9 Å². The first kappa shape index (κ1) is 9.84. The third-order valence-corrected chi connectivity index (χ3v) is 3.67. The molecule has 2 N–H and O–H groups in total. The highest BCUT2D eigenvalue weighted by Crippen LogP contribution is 2.29. The monoisotopic (exact) mass is 220 g/mol. The highest BCUT2D eigenvalue weighted by Gasteiger charge is 2.33. The predicted octanol–water partition coefficient (Wildman–Crippen LogP) is 0.276. The smallest absolute Gasteiger partial charge is 0.266 e. The van der Waals surface area contributed by atoms with Crippen molar-refractivity contribution in [2.24, 2.45) is 5.92 Å². The van der Waals surface area contributed by atoms with Crippen molar-refractivity contribution < 1.29 is 0 Å². The lowest BCUT2D eigenvalue weighted by molar-refractivity contribution is 0.0975. The summed E-state index contributed by atoms with van der Waals surface area (Å²) in [6.07, 6.45) is 4.22. The molecular formula is C11H16N4O. The molecule has 2 bridgehead atoms. The number of hydrogen-bond acceptors (Lipinski definition) is 4. The number of nitrogens with one attached hydrogen (secondary N) is 2. The summed E-state index contributed by atoms with van der Waals surface area (Å²) in [4.78, 5) is 13.6. The quantitative estimate of drug-likeness (QED) is 0.751. The van der Waals surface area contributed by atoms with E-state index in [4.69, 9.17) is 0 Å². The Morgan fingerprint density at radius 2 is 2.25 bits per heavy atom. The fourth-order valence-corrected chi connectivity index (χ4v) is 2.80. The Balaban J connectivity index is 1.73. The predicted molar refractivity (Wildman–Crippen MR) is 61.4 cm³/mol. The van der Waals surface area contributed by atoms with Crippen LogP contribution in [0.3, 0.4) is 0 Å². The number of H-pyrrole nitrogens is 1. The van der Waals surface area contributed by atoms with Crippen molar-refractivity contribution in [3.05, 3.63) is 22.6 Å². The summed E-state index contributed by atoms with van der Waals surface area (Å²) in [5.41, 5.74) is 0.689. The Kier molecular flexibility index (Phi) is 2.40. The molecule has 86 valence electrons. The molecule has 1 unspecified atom stereocenters. The lowest BCUT2D eigenvalue weighted by Crippen LogP contribution is -2.53. The molecule has 0 radical (unpaired) electrons. The average Bonchev–Trinajstić information content (AvgIpc) is 2.30. The standard InChI is InChI=1S/C11H16N4O/c16-11-5-9(6-12-14-11)13-10-7-15-3-1-8(10)2-4-15/h5-6,8,10H,1-4,7H2,(H2,13,14,16). The van der Waals surface area contributed by atoms with Gasteiger partial charge >= 0.3 is 0 Å². The molecule has 5 nitrogen and oxygen atoms in total. The minimum absolute atomic E-state index is 0.147. The maximum absolute atomic E-state index is 11.1. The number of aromatic nitrogens is 2. The van der Waals surface area contributed by atoms with Crippen LogP contribution in [0, 0.1) is 5.92 Å². The van der Waals surface area contributed by atoms with E-state index in [1.807, 2.05) is 0 Å². The van der Waals surface area contributed by atoms with E-state index in [9.17, 15) is 4.79 Å². The third-order valence-electron chi connectivity index (χ3n) is 3.67. The first-order valence-corrected chi connectivity index (χ1v) is 5.85. The molecule has 1 aromatic heterocycles. The topological polar surface area (TPSA) is 61.0 Å². The lowest BCUT2D eigenvalue weighted by atomic mass is 9.84. The number of aromatic amines is 1. The fourth-order valence-electron chi connectivity index (χ4n) is 2.80. The van der Waals surface area contributed by atoms with E-state index in [0.29, 0.717) is 6.04 Å². The second-order valence-electron chi connectivity index (χ2n) is 4.72. The van der Waals surface area contributed by atoms with E-state index >= 15 is 0 Å². The van der Waals surface area contributed by atoms with Gasteiger partial charge in [0.15, 0.2) is 0 Å². The molecule has 4 heterocycles. The second-order valence-corrected chi connectivity index (χ2v) is 4.72. The summed E-state index contributed by atoms with van der Waals surface area (Å²) in [6.45, 7) is 3.56. The summed E-state index contributed by atoms with van der Waals surface area (Å²) in [5.74, 6) is 0.754. The van der Waals surface area contributed by atoms with Crippen LogP contribution in [0.25, 0.3) is 0 Å². The first-order chi connectivity index (χ1) is 7.81. The Bertz CT molecular complexity index is 422. The van der Waals surface area contributed by atoms with Crippen LogP contribution in [-0.2, 0) is 0 Å². The number of nitrogens with zero attached hydrogens (tertiary/aromatic N) is 2. The molecule has 3 fully saturated rings. The summed E-state index contributed by atoms with van der Waals surface area (Å²) >= 11 is 0. The van der Waals surface area contributed by atoms with E-state index in [1.54, 1.807) is 12.3 Å². The number of piperidine rings is 3. The highest BCUT2D eigenvalue weighted by molar-refractivity contribution is 5.40. The van der Waals surface area contributed by atoms with Crippen molar-refractivity contribution in [2.75, 3.05) is 25.0 Å². The molecule has 1 atom stereocenters. The fraction of sp³-hybridized carbons (Fsp3) is 0.636. The minimum atomic E-state index is -0.147. The lowest BCUT2D eigenvalue weighted by Gasteiger charge is -2.45. The summed E-state index contributed by atoms with van der Waals surface area (Å²) in [5, 5.41) is 9.61. The van der Waals surface area contributed by atoms with Crippen molar-refractivity contribution in [2.45, 2.75) is 18.9 Å². The van der Waals surface area contributed by atoms with E-state index in [0.717, 1.165) is 18.2 Å². The van der Waals surface area contributed by atoms with Crippen LogP contribution in [-0.4, -0.2) is 40.8 Å². The van der Waals surface area contributed by atoms with E-state index in [1.165, 1.54) is 25.9 Å². The SMILES string of the molecule is O=c1cc(NC2CN3CCC2CC3)cn[nH]1. The Morgan fingerprint density at radius 3 is 2.88 bits per heavy atom. The van der Waals surface area contributed by atoms with Gasteiger partial charge in [-0.2, -0.15) is 5.10 Å². The van der Waals surface area contributed by atoms with Crippen molar-refractivity contribution in [1.82, 2.24) is 15.1 Å². The number of rotatable bonds is 2. The molecular weight excluding hydrogens is 204 g/mol. The van der Waals surface area contributed by atoms with E-state index in [2.05, 4.69) is 20.4 Å². The molecule has 0 saturated carbocycles. The molecule has 1 aromatic rings. The van der Waals surface area contributed by atoms with E-state index < -0.39 is 0 Å². The Labute approximate surface area is 93.9 Å². The van der Waals surface area contributed by atoms with Gasteiger partial charge in [0, 0.05) is 18.7 Å². The van der Waals surface area contributed by atoms with Gasteiger partial charge in [0.2, 0.25) is 0 Å². The van der Waals surface area contributed by atoms with Crippen molar-refractivity contribution in [1.29, 1.82) is 0 Å². The van der Waals surface area contributed by atoms with Crippen LogP contribution in [0.4, 0.5) is 5.69 Å². The van der Waals surface area contributed by atoms with Gasteiger partial charge in [-0.1, -0.05) is 0 Å². The normalized spacial score (nSPS) is 32.6. The Hall–Kier alpha value is -1.36. The van der Waals surface area contributed by atoms with Gasteiger partial charge in [-0.05, 0) is 31.8 Å². The molecule has 5 heteroatoms. The summed E-state index contributed by atoms with van der Waals surface area (Å²) < 4.78 is 0. The highest BCUT2D eigenvalue weighted by atomic mass is 16.1. The first-order valence-electron chi connectivity index (χ1n) is 5.85. The zero-order chi connectivity index (χ0) is 11.0. The average molecular weight is 220 g/mol. The summed E-state index contributed by atoms with van der Waals surface area (Å²) in [7, 11) is 0. The molecule has 3 aliphatic rings. The van der Waals surface area contributed by atoms with Crippen molar-refractivity contribution >= 4 is 5.69 Å². The maximum Gasteiger partial charge on any atom is 0.266 e. The van der Waals surface area contributed by atoms with Gasteiger partial charge in [0.05, 0.1) is 11.9 Å². The zero-order valence-electron chi connectivity index (χ0n) is 9.15. The van der Waals surface area contributed by atoms with Crippen LogP contribution in [0.2, 0.25) is 0 Å². The largest absolute Gasteiger partial charge is 0.379 e. The number of hydrogen-bond donors (Lipinski definition) is 2. The van der Waals surface area contributed by atoms with Gasteiger partial charge in [0.1, 0.15) is 0 Å². The molecule has 3 aliphatic heterocycles. The molecule has 0 spiro atoms. The third kappa shape index (κ3) is 1.82. The van der Waals surface area contributed by atoms with Gasteiger partial charge in [-0.3, -0.25) is 4.79 Å². The van der Waals surface area contributed by atoms with E-state index in [-0.39, 0.29) is 5.56 Å². The van der Waals surface area contributed by atoms with Crippen LogP contribution in [0.15, 0.2) is 17.1 Å². The minimum Gasteiger partial charge on any atom is -0.379 e. The van der Waals surface area contributed by atoms with Crippen LogP contribution in [0.1, 0.15) is 12.8 Å². The Morgan fingerprint density at radius 1 is 1.44 bits per heavy atom. The van der Waals surface area contributed by atoms with Gasteiger partial charge in [-0.25, -0.2) is 5.10 Å². The molecule has 16 heavy (non-hydrogen) atoms. The van der Waals surface area contributed by atoms with Crippen molar-refractivity contribution in [3.8, 4) is 0 Å². The zero-order valence-corrected chi connectivity index (χ0v) is 9.15. The van der Waals surface area contributed by atoms with Gasteiger partial charge in [-0.15, -0.1) is 0 Å². The van der Waals surface area contributed by atoms with Crippen LogP contribution in [0.5, 0.6) is 0 Å². The number of anilines is 1. The van der Waals surface area contributed by atoms with Crippen LogP contribution >= 0.6 is 0 Å². The number of fused-ring (bicyclic) bond motifs is 3. The summed E-state index contributed by atoms with van der Waals surface area (Å²) in [6, 6.07) is 2.05. The molecule has 4 rings (SSSR count). The van der Waals surface area contributed by atoms with Crippen molar-refractivity contribution in [3.63, 3.8) is 0 Å². The molecule has 3 saturated heterocycles. The maximum atomic E-state index is 11.1. The molecule has 0 aliphatic carbocycles. The van der Waals surface area contributed by atoms with Gasteiger partial charge < -0.3 is 10.2 Å². The molecule has 0 aromatic carbocycles. The molecule has 0 amide bonds. The second kappa shape index (κ2) is 3.90.